The first-order valence-electron chi connectivity index (χ1n) is 11.1. The van der Waals surface area contributed by atoms with E-state index in [1.165, 1.54) is 6.39 Å². The van der Waals surface area contributed by atoms with E-state index in [-0.39, 0.29) is 5.91 Å². The second-order valence-corrected chi connectivity index (χ2v) is 8.80. The minimum absolute atomic E-state index is 0.216. The predicted octanol–water partition coefficient (Wildman–Crippen LogP) is 3.12. The average molecular weight is 441 g/mol. The highest BCUT2D eigenvalue weighted by Crippen LogP contribution is 2.36. The van der Waals surface area contributed by atoms with Crippen LogP contribution in [-0.2, 0) is 0 Å². The van der Waals surface area contributed by atoms with Crippen LogP contribution in [0.15, 0.2) is 59.9 Å². The Morgan fingerprint density at radius 3 is 2.64 bits per heavy atom. The van der Waals surface area contributed by atoms with Crippen LogP contribution in [0.25, 0.3) is 22.2 Å². The number of oxazole rings is 1. The Bertz CT molecular complexity index is 1310. The Morgan fingerprint density at radius 2 is 1.88 bits per heavy atom. The number of rotatable bonds is 4. The lowest BCUT2D eigenvalue weighted by molar-refractivity contribution is 0.102. The van der Waals surface area contributed by atoms with Gasteiger partial charge >= 0.3 is 0 Å². The third-order valence-corrected chi connectivity index (χ3v) is 6.69. The summed E-state index contributed by atoms with van der Waals surface area (Å²) >= 11 is 0. The molecule has 2 N–H and O–H groups in total. The summed E-state index contributed by atoms with van der Waals surface area (Å²) in [6.07, 6.45) is 10.4. The molecule has 1 spiro atoms. The Labute approximate surface area is 190 Å². The van der Waals surface area contributed by atoms with Crippen molar-refractivity contribution in [3.8, 4) is 11.5 Å². The molecule has 6 rings (SSSR count). The number of pyridine rings is 3. The van der Waals surface area contributed by atoms with Crippen LogP contribution in [0.2, 0.25) is 0 Å². The molecule has 9 nitrogen and oxygen atoms in total. The van der Waals surface area contributed by atoms with E-state index in [0.717, 1.165) is 55.6 Å². The van der Waals surface area contributed by atoms with Crippen LogP contribution < -0.4 is 15.5 Å². The standard InChI is InChI=1S/C24H23N7O2/c32-23(16-1-4-27-22(9-16)31-5-2-24(3-6-31)13-26-14-24)30-21-8-17-7-19(20-12-25-15-33-20)28-10-18(17)11-29-21/h1,4,7-12,15,26H,2-3,5-6,13-14H2,(H,29,30,32). The number of fused-ring (bicyclic) bond motifs is 1. The van der Waals surface area contributed by atoms with Crippen molar-refractivity contribution in [3.63, 3.8) is 0 Å². The molecule has 2 aliphatic heterocycles. The Hall–Kier alpha value is -3.85. The SMILES string of the molecule is O=C(Nc1cc2cc(-c3cnco3)ncc2cn1)c1ccnc(N2CCC3(CC2)CNC3)c1. The molecule has 2 saturated heterocycles. The number of hydrogen-bond acceptors (Lipinski definition) is 8. The lowest BCUT2D eigenvalue weighted by Gasteiger charge is -2.48. The quantitative estimate of drug-likeness (QED) is 0.497. The van der Waals surface area contributed by atoms with Gasteiger partial charge in [0.05, 0.1) is 6.20 Å². The van der Waals surface area contributed by atoms with Gasteiger partial charge in [-0.1, -0.05) is 0 Å². The van der Waals surface area contributed by atoms with E-state index in [9.17, 15) is 4.79 Å². The monoisotopic (exact) mass is 441 g/mol. The fourth-order valence-electron chi connectivity index (χ4n) is 4.55. The fraction of sp³-hybridized carbons (Fsp3) is 0.292. The minimum Gasteiger partial charge on any atom is -0.442 e. The van der Waals surface area contributed by atoms with Crippen molar-refractivity contribution >= 4 is 28.3 Å². The second-order valence-electron chi connectivity index (χ2n) is 8.80. The van der Waals surface area contributed by atoms with Crippen molar-refractivity contribution in [2.45, 2.75) is 12.8 Å². The molecule has 0 aromatic carbocycles. The number of carbonyl (C=O) groups excluding carboxylic acids is 1. The zero-order valence-electron chi connectivity index (χ0n) is 18.0. The van der Waals surface area contributed by atoms with E-state index >= 15 is 0 Å². The predicted molar refractivity (Wildman–Crippen MR) is 124 cm³/mol. The van der Waals surface area contributed by atoms with Crippen LogP contribution in [0.4, 0.5) is 11.6 Å². The summed E-state index contributed by atoms with van der Waals surface area (Å²) in [6.45, 7) is 4.16. The van der Waals surface area contributed by atoms with Gasteiger partial charge in [-0.3, -0.25) is 9.78 Å². The fourth-order valence-corrected chi connectivity index (χ4v) is 4.55. The molecule has 9 heteroatoms. The van der Waals surface area contributed by atoms with Gasteiger partial charge in [-0.25, -0.2) is 15.0 Å². The third kappa shape index (κ3) is 3.80. The summed E-state index contributed by atoms with van der Waals surface area (Å²) in [5.74, 6) is 1.68. The highest BCUT2D eigenvalue weighted by atomic mass is 16.3. The minimum atomic E-state index is -0.216. The van der Waals surface area contributed by atoms with Crippen LogP contribution in [0.3, 0.4) is 0 Å². The first kappa shape index (κ1) is 19.8. The summed E-state index contributed by atoms with van der Waals surface area (Å²) in [4.78, 5) is 32.4. The molecule has 0 radical (unpaired) electrons. The maximum atomic E-state index is 13.0. The summed E-state index contributed by atoms with van der Waals surface area (Å²) in [6, 6.07) is 7.30. The largest absolute Gasteiger partial charge is 0.442 e. The van der Waals surface area contributed by atoms with Gasteiger partial charge in [0.15, 0.2) is 12.2 Å². The van der Waals surface area contributed by atoms with Gasteiger partial charge in [0.25, 0.3) is 5.91 Å². The van der Waals surface area contributed by atoms with Crippen LogP contribution in [0, 0.1) is 5.41 Å². The number of aromatic nitrogens is 4. The lowest BCUT2D eigenvalue weighted by atomic mass is 9.73. The maximum absolute atomic E-state index is 13.0. The molecule has 4 aromatic rings. The molecule has 4 aromatic heterocycles. The summed E-state index contributed by atoms with van der Waals surface area (Å²) < 4.78 is 5.33. The molecule has 0 saturated carbocycles. The summed E-state index contributed by atoms with van der Waals surface area (Å²) in [5, 5.41) is 8.06. The van der Waals surface area contributed by atoms with E-state index in [1.54, 1.807) is 30.9 Å². The van der Waals surface area contributed by atoms with E-state index in [1.807, 2.05) is 18.2 Å². The van der Waals surface area contributed by atoms with E-state index in [0.29, 0.717) is 28.3 Å². The number of hydrogen-bond donors (Lipinski definition) is 2. The molecule has 1 amide bonds. The van der Waals surface area contributed by atoms with Gasteiger partial charge in [0, 0.05) is 55.7 Å². The molecule has 33 heavy (non-hydrogen) atoms. The van der Waals surface area contributed by atoms with Crippen molar-refractivity contribution in [1.29, 1.82) is 0 Å². The Kier molecular flexibility index (Phi) is 4.76. The highest BCUT2D eigenvalue weighted by molar-refractivity contribution is 6.05. The molecule has 6 heterocycles. The van der Waals surface area contributed by atoms with Crippen molar-refractivity contribution in [1.82, 2.24) is 25.3 Å². The van der Waals surface area contributed by atoms with Crippen LogP contribution >= 0.6 is 0 Å². The van der Waals surface area contributed by atoms with E-state index in [2.05, 4.69) is 35.5 Å². The maximum Gasteiger partial charge on any atom is 0.257 e. The van der Waals surface area contributed by atoms with Gasteiger partial charge in [-0.05, 0) is 47.9 Å². The van der Waals surface area contributed by atoms with Crippen molar-refractivity contribution in [2.24, 2.45) is 5.41 Å². The van der Waals surface area contributed by atoms with Crippen molar-refractivity contribution in [2.75, 3.05) is 36.4 Å². The van der Waals surface area contributed by atoms with Crippen LogP contribution in [0.5, 0.6) is 0 Å². The Balaban J connectivity index is 1.19. The number of nitrogens with one attached hydrogen (secondary N) is 2. The van der Waals surface area contributed by atoms with Gasteiger partial charge in [-0.2, -0.15) is 0 Å². The second kappa shape index (κ2) is 7.93. The molecule has 2 aliphatic rings. The van der Waals surface area contributed by atoms with Crippen LogP contribution in [-0.4, -0.2) is 52.0 Å². The smallest absolute Gasteiger partial charge is 0.257 e. The molecular weight excluding hydrogens is 418 g/mol. The van der Waals surface area contributed by atoms with Gasteiger partial charge in [0.2, 0.25) is 0 Å². The van der Waals surface area contributed by atoms with Crippen molar-refractivity contribution < 1.29 is 9.21 Å². The van der Waals surface area contributed by atoms with Crippen LogP contribution in [0.1, 0.15) is 23.2 Å². The van der Waals surface area contributed by atoms with Gasteiger partial charge in [-0.15, -0.1) is 0 Å². The number of amides is 1. The number of piperidine rings is 1. The topological polar surface area (TPSA) is 109 Å². The Morgan fingerprint density at radius 1 is 1.03 bits per heavy atom. The molecule has 0 unspecified atom stereocenters. The first-order chi connectivity index (χ1) is 16.2. The molecule has 0 atom stereocenters. The lowest BCUT2D eigenvalue weighted by Crippen LogP contribution is -2.58. The summed E-state index contributed by atoms with van der Waals surface area (Å²) in [7, 11) is 0. The van der Waals surface area contributed by atoms with E-state index in [4.69, 9.17) is 4.42 Å². The van der Waals surface area contributed by atoms with E-state index < -0.39 is 0 Å². The molecule has 166 valence electrons. The normalized spacial score (nSPS) is 17.2. The zero-order chi connectivity index (χ0) is 22.3. The molecule has 2 fully saturated rings. The molecular formula is C24H23N7O2. The summed E-state index contributed by atoms with van der Waals surface area (Å²) in [5.41, 5.74) is 1.70. The number of anilines is 2. The number of nitrogens with zero attached hydrogens (tertiary/aromatic N) is 5. The number of carbonyl (C=O) groups is 1. The average Bonchev–Trinajstić information content (AvgIpc) is 3.38. The highest BCUT2D eigenvalue weighted by Gasteiger charge is 2.39. The zero-order valence-corrected chi connectivity index (χ0v) is 18.0. The molecule has 0 aliphatic carbocycles. The third-order valence-electron chi connectivity index (χ3n) is 6.69. The molecule has 0 bridgehead atoms. The van der Waals surface area contributed by atoms with Gasteiger partial charge in [0.1, 0.15) is 17.3 Å². The van der Waals surface area contributed by atoms with Crippen molar-refractivity contribution in [3.05, 3.63) is 61.0 Å². The van der Waals surface area contributed by atoms with Gasteiger partial charge < -0.3 is 20.0 Å². The first-order valence-corrected chi connectivity index (χ1v) is 11.1.